The van der Waals surface area contributed by atoms with E-state index in [4.69, 9.17) is 0 Å². The van der Waals surface area contributed by atoms with Gasteiger partial charge in [-0.3, -0.25) is 0 Å². The summed E-state index contributed by atoms with van der Waals surface area (Å²) in [7, 11) is 0. The Bertz CT molecular complexity index is 371. The first kappa shape index (κ1) is 12.6. The smallest absolute Gasteiger partial charge is 0.123 e. The lowest BCUT2D eigenvalue weighted by Gasteiger charge is -2.24. The molecule has 0 spiro atoms. The number of nitrogens with one attached hydrogen (secondary N) is 1. The van der Waals surface area contributed by atoms with Crippen molar-refractivity contribution >= 4 is 0 Å². The monoisotopic (exact) mass is 235 g/mol. The zero-order chi connectivity index (χ0) is 12.3. The maximum atomic E-state index is 13.2. The minimum absolute atomic E-state index is 0.118. The van der Waals surface area contributed by atoms with Gasteiger partial charge in [0.15, 0.2) is 0 Å². The summed E-state index contributed by atoms with van der Waals surface area (Å²) in [5.74, 6) is -0.118. The SMILES string of the molecule is CCCNC(C)C1(Cc2cccc(F)c2)CC1. The van der Waals surface area contributed by atoms with E-state index in [1.54, 1.807) is 6.07 Å². The van der Waals surface area contributed by atoms with Crippen molar-refractivity contribution in [3.8, 4) is 0 Å². The van der Waals surface area contributed by atoms with Gasteiger partial charge in [-0.1, -0.05) is 19.1 Å². The van der Waals surface area contributed by atoms with Gasteiger partial charge in [-0.25, -0.2) is 4.39 Å². The van der Waals surface area contributed by atoms with Crippen molar-refractivity contribution in [1.82, 2.24) is 5.32 Å². The molecule has 1 aliphatic carbocycles. The van der Waals surface area contributed by atoms with Gasteiger partial charge < -0.3 is 5.32 Å². The van der Waals surface area contributed by atoms with E-state index < -0.39 is 0 Å². The minimum Gasteiger partial charge on any atom is -0.314 e. The van der Waals surface area contributed by atoms with Gasteiger partial charge in [0.2, 0.25) is 0 Å². The van der Waals surface area contributed by atoms with Gasteiger partial charge in [0.1, 0.15) is 5.82 Å². The molecule has 0 amide bonds. The second-order valence-corrected chi connectivity index (χ2v) is 5.34. The van der Waals surface area contributed by atoms with Gasteiger partial charge >= 0.3 is 0 Å². The lowest BCUT2D eigenvalue weighted by Crippen LogP contribution is -2.36. The standard InChI is InChI=1S/C15H22FN/c1-3-9-17-12(2)15(7-8-15)11-13-5-4-6-14(16)10-13/h4-6,10,12,17H,3,7-9,11H2,1-2H3. The molecule has 1 aliphatic rings. The van der Waals surface area contributed by atoms with Gasteiger partial charge in [-0.2, -0.15) is 0 Å². The third-order valence-corrected chi connectivity index (χ3v) is 3.96. The average Bonchev–Trinajstić information content (AvgIpc) is 3.07. The Labute approximate surface area is 103 Å². The number of rotatable bonds is 6. The van der Waals surface area contributed by atoms with Crippen LogP contribution in [0.5, 0.6) is 0 Å². The van der Waals surface area contributed by atoms with E-state index in [9.17, 15) is 4.39 Å². The van der Waals surface area contributed by atoms with Crippen molar-refractivity contribution in [2.75, 3.05) is 6.54 Å². The van der Waals surface area contributed by atoms with Crippen molar-refractivity contribution in [3.63, 3.8) is 0 Å². The summed E-state index contributed by atoms with van der Waals surface area (Å²) in [4.78, 5) is 0. The molecular weight excluding hydrogens is 213 g/mol. The van der Waals surface area contributed by atoms with Crippen LogP contribution in [0.4, 0.5) is 4.39 Å². The van der Waals surface area contributed by atoms with Crippen LogP contribution in [0.15, 0.2) is 24.3 Å². The fourth-order valence-electron chi connectivity index (χ4n) is 2.55. The van der Waals surface area contributed by atoms with Gasteiger partial charge in [-0.15, -0.1) is 0 Å². The molecule has 0 aliphatic heterocycles. The molecule has 1 fully saturated rings. The molecule has 0 saturated heterocycles. The molecule has 94 valence electrons. The second-order valence-electron chi connectivity index (χ2n) is 5.34. The predicted octanol–water partition coefficient (Wildman–Crippen LogP) is 3.54. The molecule has 1 atom stereocenters. The zero-order valence-corrected chi connectivity index (χ0v) is 10.8. The fourth-order valence-corrected chi connectivity index (χ4v) is 2.55. The molecule has 1 saturated carbocycles. The van der Waals surface area contributed by atoms with E-state index in [2.05, 4.69) is 19.2 Å². The van der Waals surface area contributed by atoms with Gasteiger partial charge in [0, 0.05) is 6.04 Å². The number of benzene rings is 1. The Morgan fingerprint density at radius 2 is 2.18 bits per heavy atom. The molecule has 2 rings (SSSR count). The van der Waals surface area contributed by atoms with Crippen molar-refractivity contribution in [3.05, 3.63) is 35.6 Å². The largest absolute Gasteiger partial charge is 0.314 e. The lowest BCUT2D eigenvalue weighted by molar-refractivity contribution is 0.350. The molecule has 1 nitrogen and oxygen atoms in total. The Kier molecular flexibility index (Phi) is 3.82. The summed E-state index contributed by atoms with van der Waals surface area (Å²) in [5.41, 5.74) is 1.51. The summed E-state index contributed by atoms with van der Waals surface area (Å²) >= 11 is 0. The Morgan fingerprint density at radius 3 is 2.76 bits per heavy atom. The molecule has 0 radical (unpaired) electrons. The van der Waals surface area contributed by atoms with E-state index in [1.807, 2.05) is 12.1 Å². The molecule has 1 aromatic carbocycles. The number of hydrogen-bond donors (Lipinski definition) is 1. The third kappa shape index (κ3) is 3.06. The average molecular weight is 235 g/mol. The summed E-state index contributed by atoms with van der Waals surface area (Å²) in [6.45, 7) is 5.53. The lowest BCUT2D eigenvalue weighted by atomic mass is 9.89. The van der Waals surface area contributed by atoms with Crippen molar-refractivity contribution < 1.29 is 4.39 Å². The molecular formula is C15H22FN. The minimum atomic E-state index is -0.118. The summed E-state index contributed by atoms with van der Waals surface area (Å²) in [6.07, 6.45) is 4.70. The second kappa shape index (κ2) is 5.18. The Hall–Kier alpha value is -0.890. The Balaban J connectivity index is 1.98. The highest BCUT2D eigenvalue weighted by molar-refractivity contribution is 5.21. The topological polar surface area (TPSA) is 12.0 Å². The first-order valence-electron chi connectivity index (χ1n) is 6.64. The van der Waals surface area contributed by atoms with Crippen LogP contribution in [0.25, 0.3) is 0 Å². The van der Waals surface area contributed by atoms with Crippen LogP contribution in [0.3, 0.4) is 0 Å². The van der Waals surface area contributed by atoms with E-state index >= 15 is 0 Å². The van der Waals surface area contributed by atoms with E-state index in [1.165, 1.54) is 25.3 Å². The van der Waals surface area contributed by atoms with Gasteiger partial charge in [-0.05, 0) is 62.3 Å². The summed E-state index contributed by atoms with van der Waals surface area (Å²) in [6, 6.07) is 7.57. The normalized spacial score (nSPS) is 19.0. The Morgan fingerprint density at radius 1 is 1.41 bits per heavy atom. The van der Waals surface area contributed by atoms with E-state index in [0.29, 0.717) is 11.5 Å². The molecule has 0 bridgehead atoms. The highest BCUT2D eigenvalue weighted by atomic mass is 19.1. The molecule has 0 heterocycles. The third-order valence-electron chi connectivity index (χ3n) is 3.96. The maximum Gasteiger partial charge on any atom is 0.123 e. The fraction of sp³-hybridized carbons (Fsp3) is 0.600. The van der Waals surface area contributed by atoms with Crippen LogP contribution < -0.4 is 5.32 Å². The van der Waals surface area contributed by atoms with Gasteiger partial charge in [0.05, 0.1) is 0 Å². The molecule has 0 aromatic heterocycles. The molecule has 2 heteroatoms. The number of halogens is 1. The predicted molar refractivity (Wildman–Crippen MR) is 69.5 cm³/mol. The van der Waals surface area contributed by atoms with Crippen molar-refractivity contribution in [1.29, 1.82) is 0 Å². The zero-order valence-electron chi connectivity index (χ0n) is 10.8. The van der Waals surface area contributed by atoms with Crippen LogP contribution in [0, 0.1) is 11.2 Å². The first-order chi connectivity index (χ1) is 8.16. The van der Waals surface area contributed by atoms with Crippen LogP contribution in [-0.2, 0) is 6.42 Å². The van der Waals surface area contributed by atoms with Crippen molar-refractivity contribution in [2.24, 2.45) is 5.41 Å². The van der Waals surface area contributed by atoms with Gasteiger partial charge in [0.25, 0.3) is 0 Å². The van der Waals surface area contributed by atoms with E-state index in [0.717, 1.165) is 18.5 Å². The van der Waals surface area contributed by atoms with Crippen LogP contribution in [-0.4, -0.2) is 12.6 Å². The van der Waals surface area contributed by atoms with Crippen LogP contribution in [0.2, 0.25) is 0 Å². The summed E-state index contributed by atoms with van der Waals surface area (Å²) < 4.78 is 13.2. The molecule has 1 aromatic rings. The van der Waals surface area contributed by atoms with Crippen LogP contribution >= 0.6 is 0 Å². The first-order valence-corrected chi connectivity index (χ1v) is 6.64. The molecule has 1 N–H and O–H groups in total. The van der Waals surface area contributed by atoms with Crippen molar-refractivity contribution in [2.45, 2.75) is 45.6 Å². The maximum absolute atomic E-state index is 13.2. The highest BCUT2D eigenvalue weighted by Crippen LogP contribution is 2.51. The summed E-state index contributed by atoms with van der Waals surface area (Å²) in [5, 5.41) is 3.58. The van der Waals surface area contributed by atoms with Crippen LogP contribution in [0.1, 0.15) is 38.7 Å². The quantitative estimate of drug-likeness (QED) is 0.795. The molecule has 17 heavy (non-hydrogen) atoms. The number of hydrogen-bond acceptors (Lipinski definition) is 1. The highest BCUT2D eigenvalue weighted by Gasteiger charge is 2.46. The van der Waals surface area contributed by atoms with E-state index in [-0.39, 0.29) is 5.82 Å². The molecule has 1 unspecified atom stereocenters.